The van der Waals surface area contributed by atoms with Crippen molar-refractivity contribution in [3.05, 3.63) is 75.6 Å². The first kappa shape index (κ1) is 24.2. The summed E-state index contributed by atoms with van der Waals surface area (Å²) in [6.45, 7) is 4.88. The predicted octanol–water partition coefficient (Wildman–Crippen LogP) is 3.97. The molecule has 0 aliphatic carbocycles. The van der Waals surface area contributed by atoms with E-state index in [1.54, 1.807) is 10.4 Å². The Balaban J connectivity index is 1.66. The smallest absolute Gasteiger partial charge is 0.252 e. The summed E-state index contributed by atoms with van der Waals surface area (Å²) in [7, 11) is -3.72. The maximum atomic E-state index is 13.5. The molecule has 1 aromatic heterocycles. The van der Waals surface area contributed by atoms with Crippen LogP contribution in [0.1, 0.15) is 61.0 Å². The lowest BCUT2D eigenvalue weighted by molar-refractivity contribution is 0.0952. The molecule has 0 spiro atoms. The summed E-state index contributed by atoms with van der Waals surface area (Å²) in [5.41, 5.74) is 2.32. The molecule has 3 aromatic rings. The van der Waals surface area contributed by atoms with Gasteiger partial charge in [-0.15, -0.1) is 0 Å². The Kier molecular flexibility index (Phi) is 7.19. The van der Waals surface area contributed by atoms with Gasteiger partial charge in [-0.2, -0.15) is 4.31 Å². The van der Waals surface area contributed by atoms with Crippen LogP contribution in [0.2, 0.25) is 0 Å². The molecule has 34 heavy (non-hydrogen) atoms. The van der Waals surface area contributed by atoms with Gasteiger partial charge in [-0.1, -0.05) is 44.5 Å². The standard InChI is InChI=1S/C26H31N3O4S/c1-3-18-8-10-19(11-9-18)17-27-26(31)23-16-25(30)28-24-13-12-21(15-22(23)24)34(32,33)29-14-6-5-7-20(29)4-2/h8-13,15-16,20H,3-7,14,17H2,1-2H3,(H,27,31)(H,28,30)/t20-/m1/s1. The first-order chi connectivity index (χ1) is 16.3. The minimum Gasteiger partial charge on any atom is -0.348 e. The van der Waals surface area contributed by atoms with E-state index in [1.165, 1.54) is 23.8 Å². The number of amides is 1. The van der Waals surface area contributed by atoms with Crippen LogP contribution in [0, 0.1) is 0 Å². The third-order valence-electron chi connectivity index (χ3n) is 6.59. The van der Waals surface area contributed by atoms with Gasteiger partial charge in [0.25, 0.3) is 5.91 Å². The summed E-state index contributed by atoms with van der Waals surface area (Å²) in [6.07, 6.45) is 4.40. The Bertz CT molecular complexity index is 1350. The van der Waals surface area contributed by atoms with E-state index in [1.807, 2.05) is 31.2 Å². The van der Waals surface area contributed by atoms with Gasteiger partial charge >= 0.3 is 0 Å². The Morgan fingerprint density at radius 1 is 1.06 bits per heavy atom. The van der Waals surface area contributed by atoms with Crippen molar-refractivity contribution in [3.8, 4) is 0 Å². The van der Waals surface area contributed by atoms with Crippen LogP contribution < -0.4 is 10.9 Å². The fraction of sp³-hybridized carbons (Fsp3) is 0.385. The molecule has 1 amide bonds. The Hall–Kier alpha value is -2.97. The van der Waals surface area contributed by atoms with Crippen LogP contribution in [0.5, 0.6) is 0 Å². The molecule has 8 heteroatoms. The molecule has 1 saturated heterocycles. The van der Waals surface area contributed by atoms with Crippen LogP contribution >= 0.6 is 0 Å². The topological polar surface area (TPSA) is 99.3 Å². The lowest BCUT2D eigenvalue weighted by Gasteiger charge is -2.34. The van der Waals surface area contributed by atoms with Crippen LogP contribution in [0.25, 0.3) is 10.9 Å². The lowest BCUT2D eigenvalue weighted by atomic mass is 10.0. The third kappa shape index (κ3) is 4.93. The number of hydrogen-bond acceptors (Lipinski definition) is 4. The number of piperidine rings is 1. The minimum absolute atomic E-state index is 0.0214. The number of aromatic nitrogens is 1. The highest BCUT2D eigenvalue weighted by Crippen LogP contribution is 2.29. The highest BCUT2D eigenvalue weighted by atomic mass is 32.2. The van der Waals surface area contributed by atoms with Gasteiger partial charge in [-0.05, 0) is 55.0 Å². The number of benzene rings is 2. The van der Waals surface area contributed by atoms with Gasteiger partial charge in [0.05, 0.1) is 10.5 Å². The molecule has 1 aliphatic rings. The van der Waals surface area contributed by atoms with E-state index in [0.717, 1.165) is 37.7 Å². The van der Waals surface area contributed by atoms with Crippen LogP contribution in [0.4, 0.5) is 0 Å². The molecule has 0 bridgehead atoms. The van der Waals surface area contributed by atoms with Crippen molar-refractivity contribution in [2.75, 3.05) is 6.54 Å². The van der Waals surface area contributed by atoms with E-state index in [2.05, 4.69) is 17.2 Å². The fourth-order valence-electron chi connectivity index (χ4n) is 4.59. The van der Waals surface area contributed by atoms with Crippen LogP contribution in [0.15, 0.2) is 58.2 Å². The van der Waals surface area contributed by atoms with Crippen LogP contribution in [-0.2, 0) is 23.0 Å². The maximum Gasteiger partial charge on any atom is 0.252 e. The molecule has 4 rings (SSSR count). The molecule has 0 saturated carbocycles. The highest BCUT2D eigenvalue weighted by molar-refractivity contribution is 7.89. The van der Waals surface area contributed by atoms with Crippen molar-refractivity contribution in [2.45, 2.75) is 63.4 Å². The first-order valence-corrected chi connectivity index (χ1v) is 13.3. The van der Waals surface area contributed by atoms with Crippen molar-refractivity contribution in [2.24, 2.45) is 0 Å². The van der Waals surface area contributed by atoms with Gasteiger partial charge in [-0.3, -0.25) is 9.59 Å². The van der Waals surface area contributed by atoms with E-state index >= 15 is 0 Å². The number of nitrogens with zero attached hydrogens (tertiary/aromatic N) is 1. The van der Waals surface area contributed by atoms with Gasteiger partial charge in [0, 0.05) is 36.1 Å². The fourth-order valence-corrected chi connectivity index (χ4v) is 6.38. The molecule has 180 valence electrons. The molecule has 2 N–H and O–H groups in total. The molecule has 7 nitrogen and oxygen atoms in total. The normalized spacial score (nSPS) is 17.1. The zero-order chi connectivity index (χ0) is 24.3. The third-order valence-corrected chi connectivity index (χ3v) is 8.54. The molecular weight excluding hydrogens is 450 g/mol. The molecule has 0 radical (unpaired) electrons. The molecule has 0 unspecified atom stereocenters. The Morgan fingerprint density at radius 3 is 2.50 bits per heavy atom. The Labute approximate surface area is 200 Å². The number of carbonyl (C=O) groups is 1. The quantitative estimate of drug-likeness (QED) is 0.533. The number of H-pyrrole nitrogens is 1. The monoisotopic (exact) mass is 481 g/mol. The molecule has 2 aromatic carbocycles. The van der Waals surface area contributed by atoms with Crippen LogP contribution in [0.3, 0.4) is 0 Å². The van der Waals surface area contributed by atoms with Gasteiger partial charge in [-0.25, -0.2) is 8.42 Å². The maximum absolute atomic E-state index is 13.5. The number of aryl methyl sites for hydroxylation is 1. The average molecular weight is 482 g/mol. The summed E-state index contributed by atoms with van der Waals surface area (Å²) in [4.78, 5) is 28.1. The molecular formula is C26H31N3O4S. The second kappa shape index (κ2) is 10.1. The zero-order valence-electron chi connectivity index (χ0n) is 19.6. The Morgan fingerprint density at radius 2 is 1.79 bits per heavy atom. The number of nitrogens with one attached hydrogen (secondary N) is 2. The summed E-state index contributed by atoms with van der Waals surface area (Å²) < 4.78 is 28.5. The van der Waals surface area contributed by atoms with Crippen molar-refractivity contribution < 1.29 is 13.2 Å². The number of hydrogen-bond donors (Lipinski definition) is 2. The van der Waals surface area contributed by atoms with Gasteiger partial charge < -0.3 is 10.3 Å². The van der Waals surface area contributed by atoms with Crippen molar-refractivity contribution in [1.82, 2.24) is 14.6 Å². The van der Waals surface area contributed by atoms with E-state index in [0.29, 0.717) is 24.0 Å². The summed E-state index contributed by atoms with van der Waals surface area (Å²) in [6, 6.07) is 13.7. The van der Waals surface area contributed by atoms with Crippen LogP contribution in [-0.4, -0.2) is 36.2 Å². The van der Waals surface area contributed by atoms with E-state index in [4.69, 9.17) is 0 Å². The second-order valence-corrected chi connectivity index (χ2v) is 10.7. The number of sulfonamides is 1. The van der Waals surface area contributed by atoms with Crippen molar-refractivity contribution in [3.63, 3.8) is 0 Å². The predicted molar refractivity (Wildman–Crippen MR) is 133 cm³/mol. The molecule has 2 heterocycles. The molecule has 1 fully saturated rings. The van der Waals surface area contributed by atoms with Crippen molar-refractivity contribution >= 4 is 26.8 Å². The number of rotatable bonds is 7. The van der Waals surface area contributed by atoms with E-state index < -0.39 is 21.5 Å². The minimum atomic E-state index is -3.72. The lowest BCUT2D eigenvalue weighted by Crippen LogP contribution is -2.43. The number of pyridine rings is 1. The highest BCUT2D eigenvalue weighted by Gasteiger charge is 2.32. The number of fused-ring (bicyclic) bond motifs is 1. The van der Waals surface area contributed by atoms with E-state index in [-0.39, 0.29) is 16.5 Å². The average Bonchev–Trinajstić information content (AvgIpc) is 2.86. The summed E-state index contributed by atoms with van der Waals surface area (Å²) in [5.74, 6) is -0.422. The molecule has 1 atom stereocenters. The van der Waals surface area contributed by atoms with Gasteiger partial charge in [0.1, 0.15) is 0 Å². The van der Waals surface area contributed by atoms with E-state index in [9.17, 15) is 18.0 Å². The van der Waals surface area contributed by atoms with Gasteiger partial charge in [0.2, 0.25) is 15.6 Å². The number of carbonyl (C=O) groups excluding carboxylic acids is 1. The summed E-state index contributed by atoms with van der Waals surface area (Å²) in [5, 5.41) is 3.27. The molecule has 1 aliphatic heterocycles. The van der Waals surface area contributed by atoms with Gasteiger partial charge in [0.15, 0.2) is 0 Å². The SMILES string of the molecule is CCc1ccc(CNC(=O)c2cc(=O)[nH]c3ccc(S(=O)(=O)N4CCCC[C@H]4CC)cc23)cc1. The largest absolute Gasteiger partial charge is 0.348 e. The summed E-state index contributed by atoms with van der Waals surface area (Å²) >= 11 is 0. The zero-order valence-corrected chi connectivity index (χ0v) is 20.5. The first-order valence-electron chi connectivity index (χ1n) is 11.9. The van der Waals surface area contributed by atoms with Crippen molar-refractivity contribution in [1.29, 1.82) is 0 Å². The number of aromatic amines is 1. The second-order valence-electron chi connectivity index (χ2n) is 8.78.